The summed E-state index contributed by atoms with van der Waals surface area (Å²) < 4.78 is 0. The van der Waals surface area contributed by atoms with Crippen LogP contribution in [0.5, 0.6) is 0 Å². The Bertz CT molecular complexity index is 148. The summed E-state index contributed by atoms with van der Waals surface area (Å²) in [4.78, 5) is 0. The van der Waals surface area contributed by atoms with E-state index in [0.717, 1.165) is 38.5 Å². The van der Waals surface area contributed by atoms with Gasteiger partial charge in [0.05, 0.1) is 12.2 Å². The summed E-state index contributed by atoms with van der Waals surface area (Å²) in [6.07, 6.45) is 8.73. The third-order valence-electron chi connectivity index (χ3n) is 2.44. The number of aliphatic hydroxyl groups is 2. The topological polar surface area (TPSA) is 40.5 Å². The van der Waals surface area contributed by atoms with Gasteiger partial charge in [-0.2, -0.15) is 0 Å². The highest BCUT2D eigenvalue weighted by Gasteiger charge is 2.10. The number of allylic oxidation sites excluding steroid dienone is 2. The average molecular weight is 212 g/mol. The van der Waals surface area contributed by atoms with Crippen LogP contribution in [0.2, 0.25) is 0 Å². The van der Waals surface area contributed by atoms with E-state index in [1.54, 1.807) is 0 Å². The second kappa shape index (κ2) is 9.94. The molecule has 0 saturated heterocycles. The van der Waals surface area contributed by atoms with Gasteiger partial charge in [-0.25, -0.2) is 0 Å². The van der Waals surface area contributed by atoms with E-state index in [9.17, 15) is 10.2 Å². The van der Waals surface area contributed by atoms with Crippen LogP contribution in [0.25, 0.3) is 0 Å². The van der Waals surface area contributed by atoms with Crippen LogP contribution >= 0.6 is 0 Å². The van der Waals surface area contributed by atoms with Crippen molar-refractivity contribution in [3.63, 3.8) is 0 Å². The largest absolute Gasteiger partial charge is 0.393 e. The first-order valence-corrected chi connectivity index (χ1v) is 5.78. The minimum Gasteiger partial charge on any atom is -0.393 e. The van der Waals surface area contributed by atoms with Crippen molar-refractivity contribution in [3.05, 3.63) is 25.3 Å². The van der Waals surface area contributed by atoms with Crippen molar-refractivity contribution in [3.8, 4) is 0 Å². The minimum absolute atomic E-state index is 0.372. The molecule has 0 heterocycles. The molecular formula is C13H24O2. The molecule has 2 heteroatoms. The summed E-state index contributed by atoms with van der Waals surface area (Å²) in [7, 11) is 0. The monoisotopic (exact) mass is 212 g/mol. The van der Waals surface area contributed by atoms with E-state index in [4.69, 9.17) is 0 Å². The van der Waals surface area contributed by atoms with Gasteiger partial charge in [0.1, 0.15) is 0 Å². The standard InChI is InChI=1S/C13H24O2/c1-3-5-7-9-12(14)11-13(15)10-8-6-4-2/h3-4,12-15H,1-2,5-11H2/t12-,13-/m1/s1. The lowest BCUT2D eigenvalue weighted by Crippen LogP contribution is -2.17. The molecule has 0 fully saturated rings. The van der Waals surface area contributed by atoms with Crippen LogP contribution in [0.1, 0.15) is 44.9 Å². The van der Waals surface area contributed by atoms with Gasteiger partial charge in [0.15, 0.2) is 0 Å². The van der Waals surface area contributed by atoms with Gasteiger partial charge < -0.3 is 10.2 Å². The maximum atomic E-state index is 9.59. The maximum absolute atomic E-state index is 9.59. The van der Waals surface area contributed by atoms with Crippen molar-refractivity contribution in [1.29, 1.82) is 0 Å². The molecule has 0 aliphatic rings. The molecule has 0 aromatic heterocycles. The summed E-state index contributed by atoms with van der Waals surface area (Å²) in [5.74, 6) is 0. The summed E-state index contributed by atoms with van der Waals surface area (Å²) >= 11 is 0. The Morgan fingerprint density at radius 1 is 0.867 bits per heavy atom. The van der Waals surface area contributed by atoms with Crippen molar-refractivity contribution < 1.29 is 10.2 Å². The third kappa shape index (κ3) is 9.70. The van der Waals surface area contributed by atoms with Crippen LogP contribution in [0, 0.1) is 0 Å². The van der Waals surface area contributed by atoms with E-state index in [1.165, 1.54) is 0 Å². The smallest absolute Gasteiger partial charge is 0.0565 e. The fourth-order valence-electron chi connectivity index (χ4n) is 1.55. The van der Waals surface area contributed by atoms with Gasteiger partial charge in [0.25, 0.3) is 0 Å². The molecule has 0 radical (unpaired) electrons. The van der Waals surface area contributed by atoms with E-state index >= 15 is 0 Å². The Hall–Kier alpha value is -0.600. The lowest BCUT2D eigenvalue weighted by atomic mass is 10.0. The second-order valence-corrected chi connectivity index (χ2v) is 3.98. The Morgan fingerprint density at radius 2 is 1.27 bits per heavy atom. The summed E-state index contributed by atoms with van der Waals surface area (Å²) in [6, 6.07) is 0. The molecule has 88 valence electrons. The molecule has 0 unspecified atom stereocenters. The molecule has 0 saturated carbocycles. The lowest BCUT2D eigenvalue weighted by molar-refractivity contribution is 0.0692. The Balaban J connectivity index is 3.43. The molecule has 0 spiro atoms. The molecular weight excluding hydrogens is 188 g/mol. The van der Waals surface area contributed by atoms with Crippen molar-refractivity contribution in [2.24, 2.45) is 0 Å². The highest BCUT2D eigenvalue weighted by molar-refractivity contribution is 4.71. The molecule has 15 heavy (non-hydrogen) atoms. The highest BCUT2D eigenvalue weighted by atomic mass is 16.3. The van der Waals surface area contributed by atoms with Gasteiger partial charge in [0.2, 0.25) is 0 Å². The van der Waals surface area contributed by atoms with Gasteiger partial charge >= 0.3 is 0 Å². The lowest BCUT2D eigenvalue weighted by Gasteiger charge is -2.14. The van der Waals surface area contributed by atoms with Crippen molar-refractivity contribution >= 4 is 0 Å². The zero-order chi connectivity index (χ0) is 11.5. The first kappa shape index (κ1) is 14.4. The minimum atomic E-state index is -0.372. The molecule has 2 N–H and O–H groups in total. The van der Waals surface area contributed by atoms with Crippen LogP contribution in [-0.2, 0) is 0 Å². The molecule has 0 aliphatic heterocycles. The first-order chi connectivity index (χ1) is 7.20. The summed E-state index contributed by atoms with van der Waals surface area (Å²) in [6.45, 7) is 7.26. The van der Waals surface area contributed by atoms with E-state index in [0.29, 0.717) is 6.42 Å². The van der Waals surface area contributed by atoms with E-state index in [-0.39, 0.29) is 12.2 Å². The predicted molar refractivity (Wildman–Crippen MR) is 64.7 cm³/mol. The first-order valence-electron chi connectivity index (χ1n) is 5.78. The van der Waals surface area contributed by atoms with Crippen molar-refractivity contribution in [2.45, 2.75) is 57.2 Å². The summed E-state index contributed by atoms with van der Waals surface area (Å²) in [5, 5.41) is 19.2. The predicted octanol–water partition coefficient (Wildman–Crippen LogP) is 2.81. The highest BCUT2D eigenvalue weighted by Crippen LogP contribution is 2.11. The van der Waals surface area contributed by atoms with Crippen LogP contribution in [0.4, 0.5) is 0 Å². The maximum Gasteiger partial charge on any atom is 0.0565 e. The number of rotatable bonds is 10. The fraction of sp³-hybridized carbons (Fsp3) is 0.692. The van der Waals surface area contributed by atoms with E-state index < -0.39 is 0 Å². The molecule has 2 atom stereocenters. The number of hydrogen-bond donors (Lipinski definition) is 2. The van der Waals surface area contributed by atoms with Crippen LogP contribution < -0.4 is 0 Å². The molecule has 0 bridgehead atoms. The molecule has 0 amide bonds. The van der Waals surface area contributed by atoms with Crippen LogP contribution in [-0.4, -0.2) is 22.4 Å². The zero-order valence-electron chi connectivity index (χ0n) is 9.57. The normalized spacial score (nSPS) is 14.5. The van der Waals surface area contributed by atoms with Crippen molar-refractivity contribution in [2.75, 3.05) is 0 Å². The van der Waals surface area contributed by atoms with Gasteiger partial charge in [-0.1, -0.05) is 12.2 Å². The number of hydrogen-bond acceptors (Lipinski definition) is 2. The van der Waals surface area contributed by atoms with Gasteiger partial charge in [-0.3, -0.25) is 0 Å². The Labute approximate surface area is 93.3 Å². The zero-order valence-corrected chi connectivity index (χ0v) is 9.57. The Kier molecular flexibility index (Phi) is 9.54. The average Bonchev–Trinajstić information content (AvgIpc) is 2.18. The van der Waals surface area contributed by atoms with Crippen LogP contribution in [0.3, 0.4) is 0 Å². The number of aliphatic hydroxyl groups excluding tert-OH is 2. The summed E-state index contributed by atoms with van der Waals surface area (Å²) in [5.41, 5.74) is 0. The SMILES string of the molecule is C=CCCC[C@@H](O)C[C@H](O)CCCC=C. The molecule has 0 rings (SSSR count). The van der Waals surface area contributed by atoms with Crippen LogP contribution in [0.15, 0.2) is 25.3 Å². The van der Waals surface area contributed by atoms with Crippen molar-refractivity contribution in [1.82, 2.24) is 0 Å². The second-order valence-electron chi connectivity index (χ2n) is 3.98. The molecule has 0 aromatic rings. The third-order valence-corrected chi connectivity index (χ3v) is 2.44. The quantitative estimate of drug-likeness (QED) is 0.432. The number of unbranched alkanes of at least 4 members (excludes halogenated alkanes) is 2. The van der Waals surface area contributed by atoms with Gasteiger partial charge in [-0.05, 0) is 44.9 Å². The fourth-order valence-corrected chi connectivity index (χ4v) is 1.55. The van der Waals surface area contributed by atoms with Gasteiger partial charge in [-0.15, -0.1) is 13.2 Å². The van der Waals surface area contributed by atoms with E-state index in [1.807, 2.05) is 12.2 Å². The Morgan fingerprint density at radius 3 is 1.60 bits per heavy atom. The van der Waals surface area contributed by atoms with E-state index in [2.05, 4.69) is 13.2 Å². The molecule has 2 nitrogen and oxygen atoms in total. The molecule has 0 aromatic carbocycles. The molecule has 0 aliphatic carbocycles. The van der Waals surface area contributed by atoms with Gasteiger partial charge in [0, 0.05) is 0 Å².